The molecule has 5 rings (SSSR count). The number of benzene rings is 2. The topological polar surface area (TPSA) is 58.9 Å². The summed E-state index contributed by atoms with van der Waals surface area (Å²) in [5, 5.41) is 8.37. The number of halogens is 2. The third-order valence-corrected chi connectivity index (χ3v) is 5.43. The van der Waals surface area contributed by atoms with Crippen LogP contribution in [0.4, 0.5) is 15.9 Å². The molecule has 0 radical (unpaired) electrons. The van der Waals surface area contributed by atoms with Gasteiger partial charge in [-0.3, -0.25) is 14.6 Å². The predicted octanol–water partition coefficient (Wildman–Crippen LogP) is 4.87. The van der Waals surface area contributed by atoms with Gasteiger partial charge in [-0.2, -0.15) is 5.10 Å². The first-order valence-electron chi connectivity index (χ1n) is 9.92. The molecule has 31 heavy (non-hydrogen) atoms. The average molecular weight is 435 g/mol. The fourth-order valence-electron chi connectivity index (χ4n) is 3.96. The lowest BCUT2D eigenvalue weighted by atomic mass is 10.1. The molecule has 0 saturated heterocycles. The van der Waals surface area contributed by atoms with Crippen molar-refractivity contribution in [2.45, 2.75) is 19.6 Å². The Hall–Kier alpha value is -3.29. The van der Waals surface area contributed by atoms with Crippen LogP contribution in [0.15, 0.2) is 60.9 Å². The van der Waals surface area contributed by atoms with E-state index in [9.17, 15) is 4.39 Å². The largest absolute Gasteiger partial charge is 0.339 e. The normalized spacial score (nSPS) is 13.4. The van der Waals surface area contributed by atoms with E-state index in [-0.39, 0.29) is 5.82 Å². The molecule has 0 amide bonds. The summed E-state index contributed by atoms with van der Waals surface area (Å²) in [6.07, 6.45) is 3.10. The van der Waals surface area contributed by atoms with Crippen molar-refractivity contribution in [2.24, 2.45) is 0 Å². The summed E-state index contributed by atoms with van der Waals surface area (Å²) in [4.78, 5) is 10.4. The van der Waals surface area contributed by atoms with Crippen LogP contribution < -0.4 is 5.32 Å². The van der Waals surface area contributed by atoms with Gasteiger partial charge in [0.05, 0.1) is 30.3 Å². The van der Waals surface area contributed by atoms with E-state index < -0.39 is 0 Å². The van der Waals surface area contributed by atoms with Crippen LogP contribution in [-0.4, -0.2) is 31.7 Å². The summed E-state index contributed by atoms with van der Waals surface area (Å²) in [6.45, 7) is 2.05. The fraction of sp³-hybridized carbons (Fsp3) is 0.174. The zero-order valence-corrected chi connectivity index (χ0v) is 17.6. The minimum absolute atomic E-state index is 0.240. The highest BCUT2D eigenvalue weighted by molar-refractivity contribution is 6.29. The molecule has 0 bridgehead atoms. The highest BCUT2D eigenvalue weighted by Gasteiger charge is 2.27. The maximum Gasteiger partial charge on any atom is 0.150 e. The Kier molecular flexibility index (Phi) is 5.13. The lowest BCUT2D eigenvalue weighted by molar-refractivity contribution is 0.346. The number of anilines is 2. The van der Waals surface area contributed by atoms with Gasteiger partial charge < -0.3 is 5.32 Å². The van der Waals surface area contributed by atoms with E-state index in [2.05, 4.69) is 20.2 Å². The van der Waals surface area contributed by atoms with Crippen molar-refractivity contribution in [3.8, 4) is 11.3 Å². The molecule has 2 aromatic heterocycles. The molecule has 1 aliphatic heterocycles. The molecule has 0 fully saturated rings. The van der Waals surface area contributed by atoms with E-state index in [0.717, 1.165) is 41.3 Å². The molecule has 6 nitrogen and oxygen atoms in total. The van der Waals surface area contributed by atoms with Gasteiger partial charge in [0.2, 0.25) is 0 Å². The first-order valence-corrected chi connectivity index (χ1v) is 10.3. The minimum Gasteiger partial charge on any atom is -0.339 e. The van der Waals surface area contributed by atoms with E-state index in [0.29, 0.717) is 23.1 Å². The second kappa shape index (κ2) is 8.09. The Morgan fingerprint density at radius 2 is 1.97 bits per heavy atom. The van der Waals surface area contributed by atoms with Crippen LogP contribution in [0.1, 0.15) is 16.8 Å². The quantitative estimate of drug-likeness (QED) is 0.485. The number of fused-ring (bicyclic) bond motifs is 1. The van der Waals surface area contributed by atoms with E-state index in [1.54, 1.807) is 12.3 Å². The van der Waals surface area contributed by atoms with Crippen molar-refractivity contribution in [2.75, 3.05) is 12.4 Å². The average Bonchev–Trinajstić information content (AvgIpc) is 3.24. The number of rotatable bonds is 5. The van der Waals surface area contributed by atoms with E-state index in [1.165, 1.54) is 12.3 Å². The molecule has 8 heteroatoms. The molecule has 1 N–H and O–H groups in total. The van der Waals surface area contributed by atoms with Crippen LogP contribution >= 0.6 is 11.6 Å². The second-order valence-electron chi connectivity index (χ2n) is 7.64. The summed E-state index contributed by atoms with van der Waals surface area (Å²) < 4.78 is 16.6. The molecule has 3 heterocycles. The number of aromatic nitrogens is 4. The first-order chi connectivity index (χ1) is 15.1. The van der Waals surface area contributed by atoms with Gasteiger partial charge in [-0.1, -0.05) is 35.9 Å². The van der Waals surface area contributed by atoms with Crippen molar-refractivity contribution in [3.63, 3.8) is 0 Å². The molecular formula is C23H20ClFN6. The molecular weight excluding hydrogens is 415 g/mol. The zero-order valence-electron chi connectivity index (χ0n) is 16.9. The van der Waals surface area contributed by atoms with Crippen LogP contribution in [0.5, 0.6) is 0 Å². The summed E-state index contributed by atoms with van der Waals surface area (Å²) in [5.41, 5.74) is 5.42. The van der Waals surface area contributed by atoms with Gasteiger partial charge in [0.1, 0.15) is 11.0 Å². The van der Waals surface area contributed by atoms with Crippen molar-refractivity contribution in [1.29, 1.82) is 0 Å². The van der Waals surface area contributed by atoms with Crippen LogP contribution in [0.3, 0.4) is 0 Å². The number of hydrogen-bond acceptors (Lipinski definition) is 5. The molecule has 0 unspecified atom stereocenters. The SMILES string of the molecule is CN1Cc2nn(Cc3cccc(Nc4cncc(Cl)n4)c3)c(-c3ccccc3F)c2C1. The van der Waals surface area contributed by atoms with Crippen LogP contribution in [0, 0.1) is 5.82 Å². The summed E-state index contributed by atoms with van der Waals surface area (Å²) in [5.74, 6) is 0.328. The Morgan fingerprint density at radius 3 is 2.81 bits per heavy atom. The zero-order chi connectivity index (χ0) is 21.4. The van der Waals surface area contributed by atoms with Crippen molar-refractivity contribution < 1.29 is 4.39 Å². The summed E-state index contributed by atoms with van der Waals surface area (Å²) in [6, 6.07) is 14.8. The lowest BCUT2D eigenvalue weighted by Gasteiger charge is -2.14. The molecule has 0 saturated carbocycles. The Labute approximate surface area is 184 Å². The second-order valence-corrected chi connectivity index (χ2v) is 8.02. The van der Waals surface area contributed by atoms with E-state index >= 15 is 0 Å². The smallest absolute Gasteiger partial charge is 0.150 e. The van der Waals surface area contributed by atoms with E-state index in [4.69, 9.17) is 16.7 Å². The van der Waals surface area contributed by atoms with Crippen LogP contribution in [0.2, 0.25) is 5.15 Å². The maximum atomic E-state index is 14.7. The Balaban J connectivity index is 1.48. The highest BCUT2D eigenvalue weighted by Crippen LogP contribution is 2.34. The Morgan fingerprint density at radius 1 is 1.10 bits per heavy atom. The minimum atomic E-state index is -0.240. The molecule has 0 aliphatic carbocycles. The summed E-state index contributed by atoms with van der Waals surface area (Å²) >= 11 is 5.93. The molecule has 2 aromatic carbocycles. The fourth-order valence-corrected chi connectivity index (χ4v) is 4.11. The van der Waals surface area contributed by atoms with Crippen molar-refractivity contribution in [1.82, 2.24) is 24.6 Å². The van der Waals surface area contributed by atoms with Gasteiger partial charge in [0.15, 0.2) is 5.82 Å². The number of nitrogens with zero attached hydrogens (tertiary/aromatic N) is 5. The highest BCUT2D eigenvalue weighted by atomic mass is 35.5. The maximum absolute atomic E-state index is 14.7. The van der Waals surface area contributed by atoms with Crippen LogP contribution in [0.25, 0.3) is 11.3 Å². The molecule has 156 valence electrons. The third kappa shape index (κ3) is 4.02. The number of nitrogens with one attached hydrogen (secondary N) is 1. The van der Waals surface area contributed by atoms with Gasteiger partial charge in [-0.05, 0) is 36.9 Å². The lowest BCUT2D eigenvalue weighted by Crippen LogP contribution is -2.13. The van der Waals surface area contributed by atoms with Gasteiger partial charge >= 0.3 is 0 Å². The van der Waals surface area contributed by atoms with Gasteiger partial charge in [0.25, 0.3) is 0 Å². The number of hydrogen-bond donors (Lipinski definition) is 1. The Bertz CT molecular complexity index is 1250. The van der Waals surface area contributed by atoms with Crippen LogP contribution in [-0.2, 0) is 19.6 Å². The predicted molar refractivity (Wildman–Crippen MR) is 119 cm³/mol. The van der Waals surface area contributed by atoms with Gasteiger partial charge in [0, 0.05) is 29.9 Å². The standard InChI is InChI=1S/C23H20ClFN6/c1-30-13-18-20(14-30)29-31(23(18)17-7-2-3-8-19(17)25)12-15-5-4-6-16(9-15)27-22-11-26-10-21(24)28-22/h2-11H,12-14H2,1H3,(H,27,28). The molecule has 1 aliphatic rings. The van der Waals surface area contributed by atoms with Gasteiger partial charge in [-0.25, -0.2) is 9.37 Å². The van der Waals surface area contributed by atoms with Crippen molar-refractivity contribution in [3.05, 3.63) is 88.7 Å². The monoisotopic (exact) mass is 434 g/mol. The summed E-state index contributed by atoms with van der Waals surface area (Å²) in [7, 11) is 2.05. The van der Waals surface area contributed by atoms with Crippen molar-refractivity contribution >= 4 is 23.1 Å². The van der Waals surface area contributed by atoms with E-state index in [1.807, 2.05) is 48.1 Å². The molecule has 0 atom stereocenters. The van der Waals surface area contributed by atoms with Gasteiger partial charge in [-0.15, -0.1) is 0 Å². The molecule has 4 aromatic rings. The molecule has 0 spiro atoms. The third-order valence-electron chi connectivity index (χ3n) is 5.25. The first kappa shape index (κ1) is 19.7.